The van der Waals surface area contributed by atoms with Crippen molar-refractivity contribution in [1.29, 1.82) is 0 Å². The lowest BCUT2D eigenvalue weighted by Gasteiger charge is -2.00. The van der Waals surface area contributed by atoms with E-state index >= 15 is 0 Å². The Labute approximate surface area is 107 Å². The number of nitrogens with zero attached hydrogens (tertiary/aromatic N) is 3. The molecule has 0 atom stereocenters. The molecule has 7 nitrogen and oxygen atoms in total. The van der Waals surface area contributed by atoms with Crippen LogP contribution >= 0.6 is 11.6 Å². The van der Waals surface area contributed by atoms with Crippen molar-refractivity contribution in [3.05, 3.63) is 20.8 Å². The van der Waals surface area contributed by atoms with E-state index in [0.717, 1.165) is 11.0 Å². The molecule has 0 unspecified atom stereocenters. The van der Waals surface area contributed by atoms with Crippen molar-refractivity contribution in [2.45, 2.75) is 6.42 Å². The lowest BCUT2D eigenvalue weighted by molar-refractivity contribution is 0.709. The number of imidazole rings is 1. The number of hydrogen-bond donors (Lipinski definition) is 2. The van der Waals surface area contributed by atoms with Crippen molar-refractivity contribution >= 4 is 28.7 Å². The van der Waals surface area contributed by atoms with E-state index in [-0.39, 0.29) is 5.56 Å². The van der Waals surface area contributed by atoms with Gasteiger partial charge in [0.1, 0.15) is 0 Å². The number of aryl methyl sites for hydroxylation is 1. The van der Waals surface area contributed by atoms with Gasteiger partial charge in [-0.3, -0.25) is 13.9 Å². The average molecular weight is 272 g/mol. The summed E-state index contributed by atoms with van der Waals surface area (Å²) in [5.74, 6) is 1.02. The minimum absolute atomic E-state index is 0.313. The molecule has 8 heteroatoms. The number of alkyl halides is 1. The van der Waals surface area contributed by atoms with E-state index in [1.807, 2.05) is 0 Å². The number of aromatic nitrogens is 4. The first-order valence-corrected chi connectivity index (χ1v) is 6.05. The molecule has 0 saturated heterocycles. The van der Waals surface area contributed by atoms with Gasteiger partial charge in [-0.05, 0) is 6.42 Å². The summed E-state index contributed by atoms with van der Waals surface area (Å²) >= 11 is 5.57. The second kappa shape index (κ2) is 4.85. The highest BCUT2D eigenvalue weighted by atomic mass is 35.5. The van der Waals surface area contributed by atoms with Crippen LogP contribution < -0.4 is 16.6 Å². The third kappa shape index (κ3) is 2.01. The lowest BCUT2D eigenvalue weighted by Crippen LogP contribution is -2.36. The summed E-state index contributed by atoms with van der Waals surface area (Å²) in [5, 5.41) is 3.01. The quantitative estimate of drug-likeness (QED) is 0.606. The Morgan fingerprint density at radius 2 is 2.06 bits per heavy atom. The maximum Gasteiger partial charge on any atom is 0.332 e. The molecule has 2 heterocycles. The van der Waals surface area contributed by atoms with Crippen LogP contribution in [0.2, 0.25) is 0 Å². The fourth-order valence-electron chi connectivity index (χ4n) is 1.68. The number of halogens is 1. The van der Waals surface area contributed by atoms with Crippen molar-refractivity contribution in [1.82, 2.24) is 19.1 Å². The Kier molecular flexibility index (Phi) is 3.42. The zero-order chi connectivity index (χ0) is 13.3. The molecule has 2 rings (SSSR count). The number of fused-ring (bicyclic) bond motifs is 1. The first kappa shape index (κ1) is 12.7. The van der Waals surface area contributed by atoms with Crippen LogP contribution in [0.15, 0.2) is 9.59 Å². The Balaban J connectivity index is 2.51. The summed E-state index contributed by atoms with van der Waals surface area (Å²) in [6, 6.07) is 0. The summed E-state index contributed by atoms with van der Waals surface area (Å²) < 4.78 is 2.38. The number of hydrogen-bond acceptors (Lipinski definition) is 4. The molecule has 0 amide bonds. The van der Waals surface area contributed by atoms with Gasteiger partial charge in [-0.2, -0.15) is 4.98 Å². The van der Waals surface area contributed by atoms with Crippen LogP contribution in [-0.2, 0) is 14.1 Å². The normalized spacial score (nSPS) is 11.1. The zero-order valence-corrected chi connectivity index (χ0v) is 10.9. The summed E-state index contributed by atoms with van der Waals surface area (Å²) in [6.07, 6.45) is 0.787. The van der Waals surface area contributed by atoms with Gasteiger partial charge >= 0.3 is 5.69 Å². The molecule has 98 valence electrons. The zero-order valence-electron chi connectivity index (χ0n) is 10.2. The van der Waals surface area contributed by atoms with Crippen LogP contribution in [-0.4, -0.2) is 31.5 Å². The van der Waals surface area contributed by atoms with Crippen LogP contribution in [0.5, 0.6) is 0 Å². The average Bonchev–Trinajstić information content (AvgIpc) is 2.78. The highest BCUT2D eigenvalue weighted by Gasteiger charge is 2.12. The molecule has 0 saturated carbocycles. The molecule has 0 bridgehead atoms. The standard InChI is InChI=1S/C10H14ClN5O2/c1-15-7-6(8(17)16(2)10(15)18)13-9(14-7)12-5-3-4-11/h3-5H2,1-2H3,(H2,12,13,14). The molecule has 2 N–H and O–H groups in total. The van der Waals surface area contributed by atoms with Crippen molar-refractivity contribution in [2.75, 3.05) is 17.7 Å². The number of rotatable bonds is 4. The summed E-state index contributed by atoms with van der Waals surface area (Å²) in [6.45, 7) is 0.650. The molecule has 2 aromatic heterocycles. The van der Waals surface area contributed by atoms with Gasteiger partial charge < -0.3 is 10.3 Å². The van der Waals surface area contributed by atoms with Crippen LogP contribution in [0.3, 0.4) is 0 Å². The Bertz CT molecular complexity index is 684. The van der Waals surface area contributed by atoms with Gasteiger partial charge in [0.15, 0.2) is 11.2 Å². The molecule has 0 spiro atoms. The third-order valence-electron chi connectivity index (χ3n) is 2.70. The lowest BCUT2D eigenvalue weighted by atomic mass is 10.5. The van der Waals surface area contributed by atoms with E-state index in [1.54, 1.807) is 7.05 Å². The fraction of sp³-hybridized carbons (Fsp3) is 0.500. The van der Waals surface area contributed by atoms with Crippen LogP contribution in [0.4, 0.5) is 5.95 Å². The predicted molar refractivity (Wildman–Crippen MR) is 70.4 cm³/mol. The van der Waals surface area contributed by atoms with E-state index < -0.39 is 5.69 Å². The Morgan fingerprint density at radius 3 is 2.72 bits per heavy atom. The Hall–Kier alpha value is -1.76. The molecule has 0 fully saturated rings. The SMILES string of the molecule is Cn1c(=O)c2[nH]c(NCCCCl)nc2n(C)c1=O. The molecule has 0 aliphatic carbocycles. The van der Waals surface area contributed by atoms with Gasteiger partial charge in [0, 0.05) is 26.5 Å². The predicted octanol–water partition coefficient (Wildman–Crippen LogP) is 0.00110. The van der Waals surface area contributed by atoms with Crippen LogP contribution in [0.1, 0.15) is 6.42 Å². The summed E-state index contributed by atoms with van der Waals surface area (Å²) in [7, 11) is 3.01. The topological polar surface area (TPSA) is 84.7 Å². The van der Waals surface area contributed by atoms with Gasteiger partial charge in [0.2, 0.25) is 5.95 Å². The maximum atomic E-state index is 11.9. The first-order valence-electron chi connectivity index (χ1n) is 5.52. The monoisotopic (exact) mass is 271 g/mol. The minimum Gasteiger partial charge on any atom is -0.356 e. The molecule has 2 aromatic rings. The molecular weight excluding hydrogens is 258 g/mol. The van der Waals surface area contributed by atoms with Crippen LogP contribution in [0, 0.1) is 0 Å². The summed E-state index contributed by atoms with van der Waals surface area (Å²) in [4.78, 5) is 30.6. The van der Waals surface area contributed by atoms with E-state index in [1.165, 1.54) is 11.6 Å². The van der Waals surface area contributed by atoms with Crippen LogP contribution in [0.25, 0.3) is 11.2 Å². The van der Waals surface area contributed by atoms with Gasteiger partial charge in [-0.1, -0.05) is 0 Å². The molecule has 0 aliphatic heterocycles. The third-order valence-corrected chi connectivity index (χ3v) is 2.96. The Morgan fingerprint density at radius 1 is 1.33 bits per heavy atom. The van der Waals surface area contributed by atoms with Crippen molar-refractivity contribution in [3.63, 3.8) is 0 Å². The highest BCUT2D eigenvalue weighted by Crippen LogP contribution is 2.08. The minimum atomic E-state index is -0.397. The molecule has 0 aromatic carbocycles. The van der Waals surface area contributed by atoms with E-state index in [4.69, 9.17) is 11.6 Å². The summed E-state index contributed by atoms with van der Waals surface area (Å²) in [5.41, 5.74) is -0.123. The molecular formula is C10H14ClN5O2. The molecule has 18 heavy (non-hydrogen) atoms. The number of nitrogens with one attached hydrogen (secondary N) is 2. The molecule has 0 radical (unpaired) electrons. The second-order valence-electron chi connectivity index (χ2n) is 3.96. The van der Waals surface area contributed by atoms with Gasteiger partial charge in [0.25, 0.3) is 5.56 Å². The second-order valence-corrected chi connectivity index (χ2v) is 4.34. The largest absolute Gasteiger partial charge is 0.356 e. The van der Waals surface area contributed by atoms with Gasteiger partial charge in [-0.15, -0.1) is 11.6 Å². The smallest absolute Gasteiger partial charge is 0.332 e. The van der Waals surface area contributed by atoms with E-state index in [9.17, 15) is 9.59 Å². The number of anilines is 1. The fourth-order valence-corrected chi connectivity index (χ4v) is 1.82. The number of aromatic amines is 1. The van der Waals surface area contributed by atoms with Gasteiger partial charge in [-0.25, -0.2) is 4.79 Å². The van der Waals surface area contributed by atoms with Crippen molar-refractivity contribution in [2.24, 2.45) is 14.1 Å². The maximum absolute atomic E-state index is 11.9. The van der Waals surface area contributed by atoms with Crippen molar-refractivity contribution in [3.8, 4) is 0 Å². The number of H-pyrrole nitrogens is 1. The first-order chi connectivity index (χ1) is 8.56. The molecule has 0 aliphatic rings. The van der Waals surface area contributed by atoms with Crippen molar-refractivity contribution < 1.29 is 0 Å². The van der Waals surface area contributed by atoms with E-state index in [0.29, 0.717) is 29.5 Å². The highest BCUT2D eigenvalue weighted by molar-refractivity contribution is 6.17. The van der Waals surface area contributed by atoms with E-state index in [2.05, 4.69) is 15.3 Å². The van der Waals surface area contributed by atoms with Gasteiger partial charge in [0.05, 0.1) is 0 Å².